The summed E-state index contributed by atoms with van der Waals surface area (Å²) >= 11 is 0. The van der Waals surface area contributed by atoms with E-state index in [0.717, 1.165) is 34.3 Å². The number of pyridine rings is 1. The summed E-state index contributed by atoms with van der Waals surface area (Å²) in [5.41, 5.74) is 3.03. The molecule has 0 bridgehead atoms. The molecule has 1 aromatic heterocycles. The summed E-state index contributed by atoms with van der Waals surface area (Å²) in [6, 6.07) is 18.0. The number of guanidine groups is 1. The zero-order valence-electron chi connectivity index (χ0n) is 16.7. The van der Waals surface area contributed by atoms with Gasteiger partial charge in [0.25, 0.3) is 0 Å². The first-order chi connectivity index (χ1) is 13.8. The Bertz CT molecular complexity index is 928. The van der Waals surface area contributed by atoms with Crippen molar-refractivity contribution in [3.8, 4) is 5.75 Å². The number of benzene rings is 2. The summed E-state index contributed by atoms with van der Waals surface area (Å²) in [7, 11) is 3.44. The summed E-state index contributed by atoms with van der Waals surface area (Å²) in [4.78, 5) is 8.81. The van der Waals surface area contributed by atoms with Crippen LogP contribution in [0, 0.1) is 0 Å². The highest BCUT2D eigenvalue weighted by Crippen LogP contribution is 2.18. The number of methoxy groups -OCH3 is 1. The van der Waals surface area contributed by atoms with Gasteiger partial charge in [-0.25, -0.2) is 0 Å². The molecule has 0 atom stereocenters. The molecule has 0 aliphatic carbocycles. The van der Waals surface area contributed by atoms with Gasteiger partial charge in [0.2, 0.25) is 0 Å². The molecule has 7 heteroatoms. The highest BCUT2D eigenvalue weighted by molar-refractivity contribution is 14.0. The van der Waals surface area contributed by atoms with Crippen molar-refractivity contribution in [2.75, 3.05) is 32.7 Å². The van der Waals surface area contributed by atoms with E-state index in [2.05, 4.69) is 38.8 Å². The van der Waals surface area contributed by atoms with E-state index < -0.39 is 0 Å². The van der Waals surface area contributed by atoms with E-state index in [1.165, 1.54) is 0 Å². The van der Waals surface area contributed by atoms with Crippen molar-refractivity contribution in [3.63, 3.8) is 0 Å². The fourth-order valence-electron chi connectivity index (χ4n) is 2.86. The summed E-state index contributed by atoms with van der Waals surface area (Å²) in [5, 5.41) is 7.78. The minimum Gasteiger partial charge on any atom is -0.493 e. The number of hydrogen-bond acceptors (Lipinski definition) is 4. The first kappa shape index (κ1) is 22.9. The second kappa shape index (κ2) is 12.2. The molecule has 0 amide bonds. The van der Waals surface area contributed by atoms with E-state index >= 15 is 0 Å². The Morgan fingerprint density at radius 1 is 1.07 bits per heavy atom. The van der Waals surface area contributed by atoms with E-state index in [1.54, 1.807) is 14.2 Å². The predicted molar refractivity (Wildman–Crippen MR) is 129 cm³/mol. The normalized spacial score (nSPS) is 11.0. The van der Waals surface area contributed by atoms with Crippen molar-refractivity contribution in [2.24, 2.45) is 4.99 Å². The monoisotopic (exact) mass is 506 g/mol. The molecule has 154 valence electrons. The fourth-order valence-corrected chi connectivity index (χ4v) is 2.86. The van der Waals surface area contributed by atoms with Crippen LogP contribution in [0.15, 0.2) is 65.8 Å². The molecule has 6 nitrogen and oxygen atoms in total. The number of aromatic nitrogens is 1. The number of halogens is 1. The maximum atomic E-state index is 5.75. The molecule has 0 spiro atoms. The fraction of sp³-hybridized carbons (Fsp3) is 0.273. The number of aliphatic imine (C=N–C) groups is 1. The lowest BCUT2D eigenvalue weighted by molar-refractivity contribution is 0.172. The SMILES string of the molecule is CN=C(NCc1cccc2cccnc12)Nc1cccc(OCCCOC)c1.I. The van der Waals surface area contributed by atoms with Gasteiger partial charge in [0.05, 0.1) is 12.1 Å². The van der Waals surface area contributed by atoms with Crippen molar-refractivity contribution in [3.05, 3.63) is 66.4 Å². The van der Waals surface area contributed by atoms with Crippen molar-refractivity contribution < 1.29 is 9.47 Å². The van der Waals surface area contributed by atoms with Gasteiger partial charge >= 0.3 is 0 Å². The van der Waals surface area contributed by atoms with Crippen LogP contribution in [-0.4, -0.2) is 38.3 Å². The van der Waals surface area contributed by atoms with Crippen LogP contribution in [0.1, 0.15) is 12.0 Å². The third kappa shape index (κ3) is 6.86. The summed E-state index contributed by atoms with van der Waals surface area (Å²) < 4.78 is 10.8. The van der Waals surface area contributed by atoms with Gasteiger partial charge in [0.15, 0.2) is 5.96 Å². The minimum absolute atomic E-state index is 0. The molecule has 3 aromatic rings. The van der Waals surface area contributed by atoms with Crippen molar-refractivity contribution in [2.45, 2.75) is 13.0 Å². The van der Waals surface area contributed by atoms with Crippen molar-refractivity contribution in [1.82, 2.24) is 10.3 Å². The van der Waals surface area contributed by atoms with Gasteiger partial charge in [0, 0.05) is 57.1 Å². The largest absolute Gasteiger partial charge is 0.493 e. The number of nitrogens with one attached hydrogen (secondary N) is 2. The second-order valence-electron chi connectivity index (χ2n) is 6.27. The van der Waals surface area contributed by atoms with Gasteiger partial charge < -0.3 is 20.1 Å². The van der Waals surface area contributed by atoms with Crippen LogP contribution in [0.3, 0.4) is 0 Å². The molecule has 3 rings (SSSR count). The first-order valence-electron chi connectivity index (χ1n) is 9.32. The molecule has 1 heterocycles. The zero-order valence-corrected chi connectivity index (χ0v) is 19.1. The lowest BCUT2D eigenvalue weighted by Gasteiger charge is -2.14. The summed E-state index contributed by atoms with van der Waals surface area (Å²) in [6.45, 7) is 1.94. The number of nitrogens with zero attached hydrogens (tertiary/aromatic N) is 2. The van der Waals surface area contributed by atoms with Crippen molar-refractivity contribution in [1.29, 1.82) is 0 Å². The van der Waals surface area contributed by atoms with Crippen LogP contribution in [0.5, 0.6) is 5.75 Å². The topological polar surface area (TPSA) is 67.8 Å². The third-order valence-corrected chi connectivity index (χ3v) is 4.24. The maximum absolute atomic E-state index is 5.75. The molecule has 0 saturated carbocycles. The van der Waals surface area contributed by atoms with E-state index in [4.69, 9.17) is 9.47 Å². The van der Waals surface area contributed by atoms with Gasteiger partial charge in [-0.1, -0.05) is 30.3 Å². The zero-order chi connectivity index (χ0) is 19.6. The van der Waals surface area contributed by atoms with Gasteiger partial charge in [-0.2, -0.15) is 0 Å². The molecule has 0 unspecified atom stereocenters. The average Bonchev–Trinajstić information content (AvgIpc) is 2.74. The molecular formula is C22H27IN4O2. The molecule has 0 fully saturated rings. The quantitative estimate of drug-likeness (QED) is 0.205. The second-order valence-corrected chi connectivity index (χ2v) is 6.27. The number of ether oxygens (including phenoxy) is 2. The van der Waals surface area contributed by atoms with Crippen LogP contribution in [0.25, 0.3) is 10.9 Å². The molecule has 0 aliphatic rings. The molecule has 0 aliphatic heterocycles. The Hall–Kier alpha value is -2.39. The molecule has 0 radical (unpaired) electrons. The number of anilines is 1. The van der Waals surface area contributed by atoms with Gasteiger partial charge in [-0.05, 0) is 23.8 Å². The minimum atomic E-state index is 0. The van der Waals surface area contributed by atoms with Crippen LogP contribution in [0.4, 0.5) is 5.69 Å². The van der Waals surface area contributed by atoms with E-state index in [-0.39, 0.29) is 24.0 Å². The van der Waals surface area contributed by atoms with Gasteiger partial charge in [-0.15, -0.1) is 24.0 Å². The molecule has 0 saturated heterocycles. The lowest BCUT2D eigenvalue weighted by atomic mass is 10.1. The Labute approximate surface area is 188 Å². The standard InChI is InChI=1S/C22H26N4O2.HI/c1-23-22(25-16-18-8-3-7-17-9-5-12-24-21(17)18)26-19-10-4-11-20(15-19)28-14-6-13-27-2;/h3-5,7-12,15H,6,13-14,16H2,1-2H3,(H2,23,25,26);1H. The maximum Gasteiger partial charge on any atom is 0.195 e. The van der Waals surface area contributed by atoms with Gasteiger partial charge in [0.1, 0.15) is 5.75 Å². The molecule has 2 N–H and O–H groups in total. The van der Waals surface area contributed by atoms with Crippen LogP contribution >= 0.6 is 24.0 Å². The molecule has 2 aromatic carbocycles. The Kier molecular flexibility index (Phi) is 9.66. The first-order valence-corrected chi connectivity index (χ1v) is 9.32. The smallest absolute Gasteiger partial charge is 0.195 e. The molecule has 29 heavy (non-hydrogen) atoms. The van der Waals surface area contributed by atoms with Crippen LogP contribution < -0.4 is 15.4 Å². The van der Waals surface area contributed by atoms with Crippen molar-refractivity contribution >= 4 is 46.5 Å². The number of rotatable bonds is 8. The number of hydrogen-bond donors (Lipinski definition) is 2. The van der Waals surface area contributed by atoms with E-state index in [0.29, 0.717) is 25.7 Å². The van der Waals surface area contributed by atoms with E-state index in [9.17, 15) is 0 Å². The van der Waals surface area contributed by atoms with Crippen LogP contribution in [-0.2, 0) is 11.3 Å². The summed E-state index contributed by atoms with van der Waals surface area (Å²) in [6.07, 6.45) is 2.67. The Morgan fingerprint density at radius 2 is 1.90 bits per heavy atom. The van der Waals surface area contributed by atoms with Gasteiger partial charge in [-0.3, -0.25) is 9.98 Å². The highest BCUT2D eigenvalue weighted by Gasteiger charge is 2.05. The average molecular weight is 506 g/mol. The number of fused-ring (bicyclic) bond motifs is 1. The molecular weight excluding hydrogens is 479 g/mol. The third-order valence-electron chi connectivity index (χ3n) is 4.24. The van der Waals surface area contributed by atoms with E-state index in [1.807, 2.05) is 42.6 Å². The van der Waals surface area contributed by atoms with Crippen LogP contribution in [0.2, 0.25) is 0 Å². The Balaban J connectivity index is 0.00000300. The summed E-state index contributed by atoms with van der Waals surface area (Å²) in [5.74, 6) is 1.50. The predicted octanol–water partition coefficient (Wildman–Crippen LogP) is 4.46. The highest BCUT2D eigenvalue weighted by atomic mass is 127. The number of para-hydroxylation sites is 1. The lowest BCUT2D eigenvalue weighted by Crippen LogP contribution is -2.30. The Morgan fingerprint density at radius 3 is 2.72 bits per heavy atom.